The highest BCUT2D eigenvalue weighted by Crippen LogP contribution is 2.39. The summed E-state index contributed by atoms with van der Waals surface area (Å²) >= 11 is 0. The van der Waals surface area contributed by atoms with E-state index >= 15 is 0 Å². The van der Waals surface area contributed by atoms with Crippen molar-refractivity contribution < 1.29 is 29.0 Å². The van der Waals surface area contributed by atoms with Crippen molar-refractivity contribution in [3.63, 3.8) is 0 Å². The second kappa shape index (κ2) is 10.4. The number of aryl methyl sites for hydroxylation is 1. The van der Waals surface area contributed by atoms with Gasteiger partial charge in [-0.3, -0.25) is 4.79 Å². The molecule has 0 saturated heterocycles. The third-order valence-electron chi connectivity index (χ3n) is 5.35. The molecule has 0 aromatic heterocycles. The number of allylic oxidation sites excluding steroid dienone is 1. The molecule has 2 aromatic carbocycles. The fourth-order valence-corrected chi connectivity index (χ4v) is 3.51. The number of ketones is 1. The summed E-state index contributed by atoms with van der Waals surface area (Å²) in [6.45, 7) is 5.30. The summed E-state index contributed by atoms with van der Waals surface area (Å²) < 4.78 is 16.4. The number of hydrogen-bond donors (Lipinski definition) is 2. The standard InChI is InChI=1S/C24H29NO5/c1-4-17-5-7-18(8-6-17)15-22-23(27)19-9-10-21(26)20(24(19)30-22)16-25(11-13-28-2)12-14-29-3/h5-10,15,26H,4,11-14,16H2,1-3H3/p+1/b22-15+. The van der Waals surface area contributed by atoms with Crippen molar-refractivity contribution in [1.29, 1.82) is 0 Å². The predicted octanol–water partition coefficient (Wildman–Crippen LogP) is 2.25. The highest BCUT2D eigenvalue weighted by Gasteiger charge is 2.32. The first-order chi connectivity index (χ1) is 14.6. The summed E-state index contributed by atoms with van der Waals surface area (Å²) in [7, 11) is 3.33. The summed E-state index contributed by atoms with van der Waals surface area (Å²) in [5.41, 5.74) is 3.26. The molecule has 2 N–H and O–H groups in total. The Morgan fingerprint density at radius 1 is 1.03 bits per heavy atom. The molecule has 1 aliphatic heterocycles. The van der Waals surface area contributed by atoms with E-state index in [9.17, 15) is 9.90 Å². The molecule has 0 amide bonds. The zero-order chi connectivity index (χ0) is 21.5. The molecule has 0 fully saturated rings. The van der Waals surface area contributed by atoms with E-state index in [2.05, 4.69) is 6.92 Å². The Bertz CT molecular complexity index is 897. The maximum Gasteiger partial charge on any atom is 0.231 e. The topological polar surface area (TPSA) is 69.4 Å². The first kappa shape index (κ1) is 22.0. The number of phenols is 1. The molecule has 1 aliphatic rings. The number of carbonyl (C=O) groups excluding carboxylic acids is 1. The first-order valence-electron chi connectivity index (χ1n) is 10.3. The molecule has 6 nitrogen and oxygen atoms in total. The molecule has 160 valence electrons. The number of aromatic hydroxyl groups is 1. The van der Waals surface area contributed by atoms with E-state index in [1.807, 2.05) is 24.3 Å². The average molecular weight is 413 g/mol. The van der Waals surface area contributed by atoms with Gasteiger partial charge in [0.25, 0.3) is 0 Å². The Kier molecular flexibility index (Phi) is 7.63. The van der Waals surface area contributed by atoms with E-state index in [4.69, 9.17) is 14.2 Å². The van der Waals surface area contributed by atoms with Gasteiger partial charge in [0.1, 0.15) is 25.4 Å². The van der Waals surface area contributed by atoms with Gasteiger partial charge in [-0.1, -0.05) is 31.2 Å². The number of ether oxygens (including phenoxy) is 3. The zero-order valence-electron chi connectivity index (χ0n) is 17.9. The summed E-state index contributed by atoms with van der Waals surface area (Å²) in [6.07, 6.45) is 2.72. The van der Waals surface area contributed by atoms with Crippen LogP contribution >= 0.6 is 0 Å². The summed E-state index contributed by atoms with van der Waals surface area (Å²) in [6, 6.07) is 11.2. The van der Waals surface area contributed by atoms with Crippen molar-refractivity contribution in [3.8, 4) is 11.5 Å². The van der Waals surface area contributed by atoms with Crippen LogP contribution in [0.25, 0.3) is 6.08 Å². The maximum atomic E-state index is 12.9. The Hall–Kier alpha value is -2.67. The number of nitrogens with one attached hydrogen (secondary N) is 1. The molecule has 0 radical (unpaired) electrons. The lowest BCUT2D eigenvalue weighted by molar-refractivity contribution is -0.914. The summed E-state index contributed by atoms with van der Waals surface area (Å²) in [5, 5.41) is 10.5. The van der Waals surface area contributed by atoms with E-state index in [0.29, 0.717) is 36.6 Å². The molecule has 0 unspecified atom stereocenters. The first-order valence-corrected chi connectivity index (χ1v) is 10.3. The lowest BCUT2D eigenvalue weighted by atomic mass is 10.0. The van der Waals surface area contributed by atoms with Crippen molar-refractivity contribution in [1.82, 2.24) is 0 Å². The number of rotatable bonds is 10. The minimum absolute atomic E-state index is 0.127. The van der Waals surface area contributed by atoms with Crippen LogP contribution < -0.4 is 9.64 Å². The van der Waals surface area contributed by atoms with E-state index in [-0.39, 0.29) is 17.3 Å². The average Bonchev–Trinajstić information content (AvgIpc) is 3.07. The van der Waals surface area contributed by atoms with Crippen LogP contribution in [0.5, 0.6) is 11.5 Å². The van der Waals surface area contributed by atoms with Crippen LogP contribution in [0.15, 0.2) is 42.2 Å². The van der Waals surface area contributed by atoms with Crippen molar-refractivity contribution in [2.24, 2.45) is 0 Å². The molecular weight excluding hydrogens is 382 g/mol. The van der Waals surface area contributed by atoms with Gasteiger partial charge in [-0.15, -0.1) is 0 Å². The van der Waals surface area contributed by atoms with Gasteiger partial charge in [0.15, 0.2) is 11.5 Å². The van der Waals surface area contributed by atoms with Crippen molar-refractivity contribution in [2.75, 3.05) is 40.5 Å². The molecule has 0 atom stereocenters. The number of methoxy groups -OCH3 is 2. The molecule has 1 heterocycles. The van der Waals surface area contributed by atoms with Gasteiger partial charge in [-0.2, -0.15) is 0 Å². The number of fused-ring (bicyclic) bond motifs is 1. The Morgan fingerprint density at radius 2 is 1.70 bits per heavy atom. The van der Waals surface area contributed by atoms with Crippen LogP contribution in [-0.2, 0) is 22.4 Å². The van der Waals surface area contributed by atoms with Crippen molar-refractivity contribution in [3.05, 3.63) is 64.4 Å². The Balaban J connectivity index is 1.86. The third-order valence-corrected chi connectivity index (χ3v) is 5.35. The zero-order valence-corrected chi connectivity index (χ0v) is 17.9. The van der Waals surface area contributed by atoms with Gasteiger partial charge < -0.3 is 24.2 Å². The lowest BCUT2D eigenvalue weighted by Crippen LogP contribution is -3.11. The molecular formula is C24H30NO5+. The molecule has 0 saturated carbocycles. The van der Waals surface area contributed by atoms with Gasteiger partial charge >= 0.3 is 0 Å². The van der Waals surface area contributed by atoms with Gasteiger partial charge in [0.05, 0.1) is 24.3 Å². The normalized spacial score (nSPS) is 14.4. The number of Topliss-reactive ketones (excluding diaryl/α,β-unsaturated/α-hetero) is 1. The molecule has 0 bridgehead atoms. The maximum absolute atomic E-state index is 12.9. The minimum Gasteiger partial charge on any atom is -0.507 e. The number of quaternary nitrogens is 1. The SMILES string of the molecule is CCc1ccc(/C=C2/Oc3c(ccc(O)c3C[NH+](CCOC)CCOC)C2=O)cc1. The van der Waals surface area contributed by atoms with E-state index in [1.54, 1.807) is 32.4 Å². The summed E-state index contributed by atoms with van der Waals surface area (Å²) in [5.74, 6) is 0.684. The molecule has 30 heavy (non-hydrogen) atoms. The Morgan fingerprint density at radius 3 is 2.30 bits per heavy atom. The number of hydrogen-bond acceptors (Lipinski definition) is 5. The van der Waals surface area contributed by atoms with Crippen LogP contribution in [0.3, 0.4) is 0 Å². The van der Waals surface area contributed by atoms with E-state index < -0.39 is 0 Å². The van der Waals surface area contributed by atoms with Crippen LogP contribution in [0, 0.1) is 0 Å². The highest BCUT2D eigenvalue weighted by molar-refractivity contribution is 6.14. The molecule has 6 heteroatoms. The van der Waals surface area contributed by atoms with Crippen LogP contribution in [0.4, 0.5) is 0 Å². The Labute approximate surface area is 177 Å². The molecule has 0 spiro atoms. The van der Waals surface area contributed by atoms with Crippen LogP contribution in [-0.4, -0.2) is 51.4 Å². The van der Waals surface area contributed by atoms with E-state index in [1.165, 1.54) is 10.5 Å². The van der Waals surface area contributed by atoms with Crippen molar-refractivity contribution in [2.45, 2.75) is 19.9 Å². The largest absolute Gasteiger partial charge is 0.507 e. The van der Waals surface area contributed by atoms with E-state index in [0.717, 1.165) is 25.1 Å². The summed E-state index contributed by atoms with van der Waals surface area (Å²) in [4.78, 5) is 14.1. The van der Waals surface area contributed by atoms with Gasteiger partial charge in [0, 0.05) is 14.2 Å². The smallest absolute Gasteiger partial charge is 0.231 e. The second-order valence-corrected chi connectivity index (χ2v) is 7.39. The third kappa shape index (κ3) is 5.08. The number of benzene rings is 2. The minimum atomic E-state index is -0.166. The number of phenolic OH excluding ortho intramolecular Hbond substituents is 1. The highest BCUT2D eigenvalue weighted by atomic mass is 16.5. The fourth-order valence-electron chi connectivity index (χ4n) is 3.51. The van der Waals surface area contributed by atoms with Crippen LogP contribution in [0.1, 0.15) is 34.0 Å². The quantitative estimate of drug-likeness (QED) is 0.586. The lowest BCUT2D eigenvalue weighted by Gasteiger charge is -2.20. The van der Waals surface area contributed by atoms with Crippen LogP contribution in [0.2, 0.25) is 0 Å². The van der Waals surface area contributed by atoms with Crippen molar-refractivity contribution >= 4 is 11.9 Å². The predicted molar refractivity (Wildman–Crippen MR) is 115 cm³/mol. The number of carbonyl (C=O) groups is 1. The second-order valence-electron chi connectivity index (χ2n) is 7.39. The van der Waals surface area contributed by atoms with Gasteiger partial charge in [0.2, 0.25) is 5.78 Å². The molecule has 0 aliphatic carbocycles. The van der Waals surface area contributed by atoms with Gasteiger partial charge in [-0.25, -0.2) is 0 Å². The fraction of sp³-hybridized carbons (Fsp3) is 0.375. The molecule has 3 rings (SSSR count). The molecule has 2 aromatic rings. The monoisotopic (exact) mass is 412 g/mol. The van der Waals surface area contributed by atoms with Gasteiger partial charge in [-0.05, 0) is 35.8 Å².